The molecule has 5 heteroatoms. The molecule has 6 rings (SSSR count). The van der Waals surface area contributed by atoms with Crippen molar-refractivity contribution in [2.45, 2.75) is 18.9 Å². The van der Waals surface area contributed by atoms with Gasteiger partial charge in [0.1, 0.15) is 11.3 Å². The highest BCUT2D eigenvalue weighted by Crippen LogP contribution is 2.52. The van der Waals surface area contributed by atoms with Gasteiger partial charge in [0.2, 0.25) is 5.78 Å². The average molecular weight is 465 g/mol. The van der Waals surface area contributed by atoms with E-state index in [2.05, 4.69) is 0 Å². The molecule has 2 atom stereocenters. The molecule has 1 aliphatic carbocycles. The first-order chi connectivity index (χ1) is 16.5. The Morgan fingerprint density at radius 3 is 2.44 bits per heavy atom. The molecular formula is C29H21ClN2O2. The summed E-state index contributed by atoms with van der Waals surface area (Å²) >= 11 is 6.15. The summed E-state index contributed by atoms with van der Waals surface area (Å²) in [6.45, 7) is 2.00. The van der Waals surface area contributed by atoms with Gasteiger partial charge in [0, 0.05) is 28.5 Å². The van der Waals surface area contributed by atoms with E-state index in [4.69, 9.17) is 16.7 Å². The van der Waals surface area contributed by atoms with E-state index in [1.54, 1.807) is 12.1 Å². The van der Waals surface area contributed by atoms with Crippen LogP contribution in [0.2, 0.25) is 5.02 Å². The molecule has 4 aromatic rings. The van der Waals surface area contributed by atoms with Gasteiger partial charge >= 0.3 is 0 Å². The first-order valence-electron chi connectivity index (χ1n) is 11.3. The van der Waals surface area contributed by atoms with Gasteiger partial charge in [-0.05, 0) is 46.7 Å². The Bertz CT molecular complexity index is 1510. The van der Waals surface area contributed by atoms with Crippen LogP contribution in [0.5, 0.6) is 0 Å². The molecule has 34 heavy (non-hydrogen) atoms. The van der Waals surface area contributed by atoms with Gasteiger partial charge in [-0.1, -0.05) is 79.2 Å². The van der Waals surface area contributed by atoms with Crippen molar-refractivity contribution in [3.63, 3.8) is 0 Å². The first kappa shape index (κ1) is 20.8. The maximum Gasteiger partial charge on any atom is 0.209 e. The third-order valence-corrected chi connectivity index (χ3v) is 7.40. The predicted molar refractivity (Wildman–Crippen MR) is 136 cm³/mol. The second kappa shape index (κ2) is 7.64. The summed E-state index contributed by atoms with van der Waals surface area (Å²) < 4.78 is 0. The molecule has 1 heterocycles. The van der Waals surface area contributed by atoms with Crippen LogP contribution >= 0.6 is 11.6 Å². The number of Topliss-reactive ketones (excluding diaryl/α,β-unsaturated/α-hetero) is 2. The molecule has 1 spiro atoms. The van der Waals surface area contributed by atoms with Crippen molar-refractivity contribution in [2.75, 3.05) is 5.01 Å². The van der Waals surface area contributed by atoms with Crippen molar-refractivity contribution in [1.29, 1.82) is 0 Å². The van der Waals surface area contributed by atoms with Gasteiger partial charge in [0.25, 0.3) is 0 Å². The third-order valence-electron chi connectivity index (χ3n) is 7.15. The van der Waals surface area contributed by atoms with Gasteiger partial charge in [0.15, 0.2) is 5.78 Å². The highest BCUT2D eigenvalue weighted by molar-refractivity contribution is 6.48. The van der Waals surface area contributed by atoms with Crippen molar-refractivity contribution in [2.24, 2.45) is 11.0 Å². The number of hydrogen-bond acceptors (Lipinski definition) is 4. The Labute approximate surface area is 202 Å². The van der Waals surface area contributed by atoms with E-state index in [0.29, 0.717) is 21.9 Å². The van der Waals surface area contributed by atoms with E-state index < -0.39 is 5.54 Å². The van der Waals surface area contributed by atoms with E-state index >= 15 is 0 Å². The molecule has 0 radical (unpaired) electrons. The average Bonchev–Trinajstić information content (AvgIpc) is 3.33. The summed E-state index contributed by atoms with van der Waals surface area (Å²) in [6, 6.07) is 28.7. The molecule has 2 aliphatic rings. The molecule has 0 amide bonds. The van der Waals surface area contributed by atoms with Crippen molar-refractivity contribution in [1.82, 2.24) is 0 Å². The normalized spacial score (nSPS) is 21.2. The molecule has 2 unspecified atom stereocenters. The fourth-order valence-electron chi connectivity index (χ4n) is 5.40. The number of nitrogens with zero attached hydrogens (tertiary/aromatic N) is 2. The molecule has 0 saturated carbocycles. The van der Waals surface area contributed by atoms with Crippen LogP contribution in [0, 0.1) is 5.92 Å². The number of halogens is 1. The zero-order valence-corrected chi connectivity index (χ0v) is 19.3. The fourth-order valence-corrected chi connectivity index (χ4v) is 5.52. The number of ketones is 2. The number of rotatable bonds is 3. The lowest BCUT2D eigenvalue weighted by atomic mass is 9.76. The summed E-state index contributed by atoms with van der Waals surface area (Å²) in [5.41, 5.74) is 2.69. The summed E-state index contributed by atoms with van der Waals surface area (Å²) in [5.74, 6) is -0.350. The topological polar surface area (TPSA) is 49.7 Å². The van der Waals surface area contributed by atoms with Crippen LogP contribution in [-0.2, 0) is 5.54 Å². The lowest BCUT2D eigenvalue weighted by Gasteiger charge is -2.38. The van der Waals surface area contributed by atoms with Crippen LogP contribution < -0.4 is 5.01 Å². The Kier molecular flexibility index (Phi) is 4.68. The lowest BCUT2D eigenvalue weighted by molar-refractivity contribution is 0.0963. The van der Waals surface area contributed by atoms with Crippen LogP contribution in [0.15, 0.2) is 96.1 Å². The van der Waals surface area contributed by atoms with Gasteiger partial charge < -0.3 is 0 Å². The molecule has 4 nitrogen and oxygen atoms in total. The molecule has 0 bridgehead atoms. The molecule has 0 fully saturated rings. The zero-order valence-electron chi connectivity index (χ0n) is 18.5. The molecule has 0 N–H and O–H groups in total. The van der Waals surface area contributed by atoms with Gasteiger partial charge in [-0.3, -0.25) is 14.6 Å². The summed E-state index contributed by atoms with van der Waals surface area (Å²) in [4.78, 5) is 26.9. The van der Waals surface area contributed by atoms with Crippen LogP contribution in [0.3, 0.4) is 0 Å². The van der Waals surface area contributed by atoms with Gasteiger partial charge in [-0.15, -0.1) is 0 Å². The number of hydrazone groups is 1. The second-order valence-electron chi connectivity index (χ2n) is 8.96. The van der Waals surface area contributed by atoms with Gasteiger partial charge in [0.05, 0.1) is 5.69 Å². The van der Waals surface area contributed by atoms with Crippen molar-refractivity contribution >= 4 is 45.3 Å². The van der Waals surface area contributed by atoms with Crippen LogP contribution in [0.25, 0.3) is 10.8 Å². The molecular weight excluding hydrogens is 444 g/mol. The summed E-state index contributed by atoms with van der Waals surface area (Å²) in [7, 11) is 0. The number of carbonyl (C=O) groups is 2. The smallest absolute Gasteiger partial charge is 0.209 e. The maximum atomic E-state index is 13.8. The summed E-state index contributed by atoms with van der Waals surface area (Å²) in [5, 5.41) is 9.46. The molecule has 4 aromatic carbocycles. The molecule has 0 saturated heterocycles. The van der Waals surface area contributed by atoms with Crippen molar-refractivity contribution in [3.8, 4) is 0 Å². The van der Waals surface area contributed by atoms with E-state index in [1.165, 1.54) is 0 Å². The first-order valence-corrected chi connectivity index (χ1v) is 11.7. The standard InChI is InChI=1S/C29H21ClN2O2/c1-18-27(28(34)21-11-10-19-6-2-3-7-20(19)16-21)31-32(23-14-12-22(30)13-15-23)29(18)17-26(33)24-8-4-5-9-25(24)29/h2-16,18H,17H2,1H3. The predicted octanol–water partition coefficient (Wildman–Crippen LogP) is 6.67. The Balaban J connectivity index is 1.51. The Morgan fingerprint density at radius 2 is 1.65 bits per heavy atom. The van der Waals surface area contributed by atoms with Crippen molar-refractivity contribution in [3.05, 3.63) is 113 Å². The summed E-state index contributed by atoms with van der Waals surface area (Å²) in [6.07, 6.45) is 0.258. The minimum atomic E-state index is -0.761. The molecule has 1 aliphatic heterocycles. The fraction of sp³-hybridized carbons (Fsp3) is 0.138. The van der Waals surface area contributed by atoms with Crippen molar-refractivity contribution < 1.29 is 9.59 Å². The van der Waals surface area contributed by atoms with Crippen LogP contribution in [-0.4, -0.2) is 17.3 Å². The SMILES string of the molecule is CC1C(C(=O)c2ccc3ccccc3c2)=NN(c2ccc(Cl)cc2)C12CC(=O)c1ccccc12. The Morgan fingerprint density at radius 1 is 0.941 bits per heavy atom. The number of hydrogen-bond donors (Lipinski definition) is 0. The van der Waals surface area contributed by atoms with E-state index in [-0.39, 0.29) is 23.9 Å². The Hall–Kier alpha value is -3.76. The number of fused-ring (bicyclic) bond motifs is 3. The van der Waals surface area contributed by atoms with Crippen LogP contribution in [0.4, 0.5) is 5.69 Å². The lowest BCUT2D eigenvalue weighted by Crippen LogP contribution is -2.44. The number of anilines is 1. The largest absolute Gasteiger partial charge is 0.294 e. The third kappa shape index (κ3) is 2.95. The maximum absolute atomic E-state index is 13.8. The monoisotopic (exact) mass is 464 g/mol. The molecule has 166 valence electrons. The minimum absolute atomic E-state index is 0.0658. The highest BCUT2D eigenvalue weighted by Gasteiger charge is 2.57. The van der Waals surface area contributed by atoms with Crippen LogP contribution in [0.1, 0.15) is 39.6 Å². The van der Waals surface area contributed by atoms with Gasteiger partial charge in [-0.2, -0.15) is 5.10 Å². The second-order valence-corrected chi connectivity index (χ2v) is 9.39. The van der Waals surface area contributed by atoms with E-state index in [0.717, 1.165) is 22.0 Å². The van der Waals surface area contributed by atoms with Gasteiger partial charge in [-0.25, -0.2) is 0 Å². The quantitative estimate of drug-likeness (QED) is 0.318. The van der Waals surface area contributed by atoms with E-state index in [1.807, 2.05) is 90.8 Å². The zero-order chi connectivity index (χ0) is 23.4. The highest BCUT2D eigenvalue weighted by atomic mass is 35.5. The minimum Gasteiger partial charge on any atom is -0.294 e. The number of carbonyl (C=O) groups excluding carboxylic acids is 2. The number of benzene rings is 4. The molecule has 0 aromatic heterocycles. The van der Waals surface area contributed by atoms with E-state index in [9.17, 15) is 9.59 Å².